The normalized spacial score (nSPS) is 10.5. The highest BCUT2D eigenvalue weighted by molar-refractivity contribution is 5.92. The van der Waals surface area contributed by atoms with Crippen molar-refractivity contribution in [2.75, 3.05) is 25.0 Å². The van der Waals surface area contributed by atoms with Gasteiger partial charge in [0, 0.05) is 5.69 Å². The topological polar surface area (TPSA) is 78.9 Å². The second-order valence-electron chi connectivity index (χ2n) is 5.59. The molecular weight excluding hydrogens is 320 g/mol. The predicted molar refractivity (Wildman–Crippen MR) is 96.0 cm³/mol. The summed E-state index contributed by atoms with van der Waals surface area (Å²) in [5, 5.41) is 11.6. The summed E-state index contributed by atoms with van der Waals surface area (Å²) >= 11 is 0. The summed E-state index contributed by atoms with van der Waals surface area (Å²) in [5.74, 6) is 0.223. The van der Waals surface area contributed by atoms with Crippen LogP contribution in [-0.2, 0) is 9.59 Å². The molecule has 132 valence electrons. The number of ether oxygens (including phenoxy) is 1. The third kappa shape index (κ3) is 6.64. The molecule has 25 heavy (non-hydrogen) atoms. The second-order valence-corrected chi connectivity index (χ2v) is 5.59. The summed E-state index contributed by atoms with van der Waals surface area (Å²) in [6.07, 6.45) is 0.784. The Hall–Kier alpha value is -2.86. The van der Waals surface area contributed by atoms with Crippen LogP contribution in [0, 0.1) is 0 Å². The maximum atomic E-state index is 12.1. The average molecular weight is 342 g/mol. The van der Waals surface area contributed by atoms with Crippen LogP contribution >= 0.6 is 0 Å². The summed E-state index contributed by atoms with van der Waals surface area (Å²) < 4.78 is 5.69. The van der Waals surface area contributed by atoms with E-state index in [-0.39, 0.29) is 19.0 Å². The van der Waals surface area contributed by atoms with Crippen LogP contribution in [-0.4, -0.2) is 41.5 Å². The number of anilines is 1. The molecule has 0 heterocycles. The van der Waals surface area contributed by atoms with E-state index < -0.39 is 5.97 Å². The second kappa shape index (κ2) is 9.44. The Morgan fingerprint density at radius 3 is 2.24 bits per heavy atom. The van der Waals surface area contributed by atoms with E-state index in [1.807, 2.05) is 37.3 Å². The van der Waals surface area contributed by atoms with Crippen molar-refractivity contribution in [2.24, 2.45) is 0 Å². The largest absolute Gasteiger partial charge is 0.480 e. The van der Waals surface area contributed by atoms with Gasteiger partial charge in [0.15, 0.2) is 0 Å². The van der Waals surface area contributed by atoms with Crippen molar-refractivity contribution in [3.8, 4) is 11.5 Å². The maximum absolute atomic E-state index is 12.1. The van der Waals surface area contributed by atoms with E-state index in [0.29, 0.717) is 18.0 Å². The number of aliphatic carboxylic acids is 1. The average Bonchev–Trinajstić information content (AvgIpc) is 2.57. The Morgan fingerprint density at radius 2 is 1.64 bits per heavy atom. The van der Waals surface area contributed by atoms with Crippen LogP contribution in [0.2, 0.25) is 0 Å². The Bertz CT molecular complexity index is 686. The number of para-hydroxylation sites is 1. The highest BCUT2D eigenvalue weighted by Crippen LogP contribution is 2.22. The van der Waals surface area contributed by atoms with Gasteiger partial charge in [-0.2, -0.15) is 0 Å². The number of benzene rings is 2. The lowest BCUT2D eigenvalue weighted by molar-refractivity contribution is -0.138. The molecule has 0 aliphatic heterocycles. The van der Waals surface area contributed by atoms with Crippen LogP contribution in [0.25, 0.3) is 0 Å². The van der Waals surface area contributed by atoms with Gasteiger partial charge in [-0.05, 0) is 49.4 Å². The molecule has 0 bridgehead atoms. The fourth-order valence-corrected chi connectivity index (χ4v) is 2.36. The molecule has 6 nitrogen and oxygen atoms in total. The van der Waals surface area contributed by atoms with Gasteiger partial charge in [0.1, 0.15) is 11.5 Å². The molecule has 0 saturated carbocycles. The molecule has 1 amide bonds. The minimum Gasteiger partial charge on any atom is -0.480 e. The zero-order valence-electron chi connectivity index (χ0n) is 14.1. The first kappa shape index (κ1) is 18.5. The molecule has 2 aromatic rings. The van der Waals surface area contributed by atoms with E-state index in [0.717, 1.165) is 12.2 Å². The number of carbonyl (C=O) groups is 2. The Balaban J connectivity index is 1.89. The number of amides is 1. The van der Waals surface area contributed by atoms with Crippen molar-refractivity contribution in [1.82, 2.24) is 4.90 Å². The molecule has 2 aromatic carbocycles. The maximum Gasteiger partial charge on any atom is 0.317 e. The van der Waals surface area contributed by atoms with Crippen LogP contribution in [0.3, 0.4) is 0 Å². The number of carbonyl (C=O) groups excluding carboxylic acids is 1. The van der Waals surface area contributed by atoms with Gasteiger partial charge in [-0.15, -0.1) is 0 Å². The molecule has 0 aromatic heterocycles. The van der Waals surface area contributed by atoms with Gasteiger partial charge in [0.25, 0.3) is 0 Å². The zero-order valence-corrected chi connectivity index (χ0v) is 14.1. The minimum atomic E-state index is -0.941. The van der Waals surface area contributed by atoms with Gasteiger partial charge < -0.3 is 15.2 Å². The summed E-state index contributed by atoms with van der Waals surface area (Å²) in [5.41, 5.74) is 0.636. The molecule has 0 radical (unpaired) electrons. The smallest absolute Gasteiger partial charge is 0.317 e. The van der Waals surface area contributed by atoms with Gasteiger partial charge in [-0.25, -0.2) is 0 Å². The highest BCUT2D eigenvalue weighted by Gasteiger charge is 2.13. The lowest BCUT2D eigenvalue weighted by atomic mass is 10.3. The van der Waals surface area contributed by atoms with Crippen molar-refractivity contribution in [3.05, 3.63) is 54.6 Å². The van der Waals surface area contributed by atoms with Crippen LogP contribution < -0.4 is 10.1 Å². The van der Waals surface area contributed by atoms with Gasteiger partial charge in [-0.1, -0.05) is 25.1 Å². The fourth-order valence-electron chi connectivity index (χ4n) is 2.36. The van der Waals surface area contributed by atoms with Gasteiger partial charge in [0.05, 0.1) is 13.1 Å². The number of carboxylic acids is 1. The van der Waals surface area contributed by atoms with E-state index in [1.54, 1.807) is 29.2 Å². The van der Waals surface area contributed by atoms with Crippen molar-refractivity contribution in [1.29, 1.82) is 0 Å². The molecule has 0 unspecified atom stereocenters. The van der Waals surface area contributed by atoms with Crippen molar-refractivity contribution in [2.45, 2.75) is 13.3 Å². The number of nitrogens with one attached hydrogen (secondary N) is 1. The highest BCUT2D eigenvalue weighted by atomic mass is 16.5. The number of carboxylic acid groups (broad SMARTS) is 1. The summed E-state index contributed by atoms with van der Waals surface area (Å²) in [6, 6.07) is 16.5. The Morgan fingerprint density at radius 1 is 1.00 bits per heavy atom. The van der Waals surface area contributed by atoms with Crippen LogP contribution in [0.15, 0.2) is 54.6 Å². The lowest BCUT2D eigenvalue weighted by Gasteiger charge is -2.18. The van der Waals surface area contributed by atoms with E-state index in [2.05, 4.69) is 5.32 Å². The van der Waals surface area contributed by atoms with Crippen molar-refractivity contribution < 1.29 is 19.4 Å². The monoisotopic (exact) mass is 342 g/mol. The standard InChI is InChI=1S/C19H22N2O4/c1-2-12-21(14-19(23)24)13-18(22)20-15-8-10-17(11-9-15)25-16-6-4-3-5-7-16/h3-11H,2,12-14H2,1H3,(H,20,22)(H,23,24). The molecular formula is C19H22N2O4. The quantitative estimate of drug-likeness (QED) is 0.731. The number of nitrogens with zero attached hydrogens (tertiary/aromatic N) is 1. The van der Waals surface area contributed by atoms with Gasteiger partial charge >= 0.3 is 5.97 Å². The summed E-state index contributed by atoms with van der Waals surface area (Å²) in [7, 11) is 0. The first-order chi connectivity index (χ1) is 12.1. The molecule has 0 aliphatic carbocycles. The number of hydrogen-bond acceptors (Lipinski definition) is 4. The zero-order chi connectivity index (χ0) is 18.1. The molecule has 0 saturated heterocycles. The Kier molecular flexibility index (Phi) is 6.98. The number of hydrogen-bond donors (Lipinski definition) is 2. The molecule has 0 spiro atoms. The SMILES string of the molecule is CCCN(CC(=O)O)CC(=O)Nc1ccc(Oc2ccccc2)cc1. The fraction of sp³-hybridized carbons (Fsp3) is 0.263. The first-order valence-electron chi connectivity index (χ1n) is 8.14. The number of rotatable bonds is 9. The van der Waals surface area contributed by atoms with Crippen LogP contribution in [0.1, 0.15) is 13.3 Å². The molecule has 2 N–H and O–H groups in total. The van der Waals surface area contributed by atoms with E-state index >= 15 is 0 Å². The molecule has 6 heteroatoms. The third-order valence-corrected chi connectivity index (χ3v) is 3.38. The Labute approximate surface area is 147 Å². The van der Waals surface area contributed by atoms with Gasteiger partial charge in [0.2, 0.25) is 5.91 Å². The van der Waals surface area contributed by atoms with E-state index in [1.165, 1.54) is 0 Å². The van der Waals surface area contributed by atoms with Crippen LogP contribution in [0.5, 0.6) is 11.5 Å². The third-order valence-electron chi connectivity index (χ3n) is 3.38. The lowest BCUT2D eigenvalue weighted by Crippen LogP contribution is -2.37. The minimum absolute atomic E-state index is 0.0441. The van der Waals surface area contributed by atoms with Gasteiger partial charge in [-0.3, -0.25) is 14.5 Å². The molecule has 0 fully saturated rings. The van der Waals surface area contributed by atoms with E-state index in [9.17, 15) is 9.59 Å². The molecule has 0 aliphatic rings. The summed E-state index contributed by atoms with van der Waals surface area (Å²) in [6.45, 7) is 2.40. The van der Waals surface area contributed by atoms with Crippen molar-refractivity contribution in [3.63, 3.8) is 0 Å². The molecule has 0 atom stereocenters. The van der Waals surface area contributed by atoms with Crippen LogP contribution in [0.4, 0.5) is 5.69 Å². The van der Waals surface area contributed by atoms with Crippen molar-refractivity contribution >= 4 is 17.6 Å². The first-order valence-corrected chi connectivity index (χ1v) is 8.14. The van der Waals surface area contributed by atoms with E-state index in [4.69, 9.17) is 9.84 Å². The predicted octanol–water partition coefficient (Wildman–Crippen LogP) is 3.21. The summed E-state index contributed by atoms with van der Waals surface area (Å²) in [4.78, 5) is 24.5. The molecule has 2 rings (SSSR count).